The molecule has 0 aliphatic heterocycles. The number of ether oxygens (including phenoxy) is 1. The Morgan fingerprint density at radius 2 is 2.08 bits per heavy atom. The Balaban J connectivity index is 1.86. The number of rotatable bonds is 6. The van der Waals surface area contributed by atoms with Crippen molar-refractivity contribution in [3.05, 3.63) is 53.2 Å². The van der Waals surface area contributed by atoms with Crippen LogP contribution >= 0.6 is 0 Å². The van der Waals surface area contributed by atoms with Gasteiger partial charge < -0.3 is 10.1 Å². The van der Waals surface area contributed by atoms with Gasteiger partial charge in [0.25, 0.3) is 5.56 Å². The maximum atomic E-state index is 12.6. The summed E-state index contributed by atoms with van der Waals surface area (Å²) in [5.74, 6) is -0.275. The first-order chi connectivity index (χ1) is 12.1. The Bertz CT molecular complexity index is 932. The Labute approximate surface area is 144 Å². The van der Waals surface area contributed by atoms with Crippen LogP contribution in [-0.4, -0.2) is 45.0 Å². The molecule has 1 atom stereocenters. The second-order valence-electron chi connectivity index (χ2n) is 5.73. The molecule has 1 amide bonds. The number of hydrogen-bond acceptors (Lipinski definition) is 5. The monoisotopic (exact) mass is 341 g/mol. The van der Waals surface area contributed by atoms with Gasteiger partial charge in [0.05, 0.1) is 18.5 Å². The molecule has 0 saturated carbocycles. The molecule has 0 aliphatic carbocycles. The summed E-state index contributed by atoms with van der Waals surface area (Å²) in [4.78, 5) is 28.9. The first kappa shape index (κ1) is 16.8. The van der Waals surface area contributed by atoms with Crippen LogP contribution in [0.15, 0.2) is 47.7 Å². The third-order valence-electron chi connectivity index (χ3n) is 3.69. The third kappa shape index (κ3) is 3.58. The van der Waals surface area contributed by atoms with Crippen molar-refractivity contribution in [3.8, 4) is 5.69 Å². The summed E-state index contributed by atoms with van der Waals surface area (Å²) in [6.07, 6.45) is 2.84. The maximum absolute atomic E-state index is 12.6. The van der Waals surface area contributed by atoms with Gasteiger partial charge in [-0.05, 0) is 19.1 Å². The number of nitrogens with one attached hydrogen (secondary N) is 1. The largest absolute Gasteiger partial charge is 0.383 e. The predicted octanol–water partition coefficient (Wildman–Crippen LogP) is 0.733. The van der Waals surface area contributed by atoms with Crippen molar-refractivity contribution < 1.29 is 9.53 Å². The predicted molar refractivity (Wildman–Crippen MR) is 92.6 cm³/mol. The van der Waals surface area contributed by atoms with E-state index in [9.17, 15) is 9.59 Å². The molecule has 0 saturated heterocycles. The van der Waals surface area contributed by atoms with E-state index < -0.39 is 0 Å². The molecule has 2 heterocycles. The summed E-state index contributed by atoms with van der Waals surface area (Å²) in [6, 6.07) is 9.30. The minimum atomic E-state index is -0.304. The number of benzene rings is 1. The van der Waals surface area contributed by atoms with Crippen LogP contribution in [-0.2, 0) is 16.1 Å². The van der Waals surface area contributed by atoms with Crippen LogP contribution in [0.5, 0.6) is 0 Å². The highest BCUT2D eigenvalue weighted by Crippen LogP contribution is 2.12. The van der Waals surface area contributed by atoms with Gasteiger partial charge in [-0.1, -0.05) is 18.2 Å². The summed E-state index contributed by atoms with van der Waals surface area (Å²) in [5, 5.41) is 7.37. The normalized spacial score (nSPS) is 12.2. The van der Waals surface area contributed by atoms with Gasteiger partial charge in [-0.15, -0.1) is 0 Å². The number of para-hydroxylation sites is 1. The summed E-state index contributed by atoms with van der Waals surface area (Å²) in [5.41, 5.74) is 0.968. The third-order valence-corrected chi connectivity index (χ3v) is 3.69. The standard InChI is InChI=1S/C17H19N5O3/c1-12(10-25-2)20-15(23)9-21-11-18-16-14(17(21)24)8-19-22(16)13-6-4-3-5-7-13/h3-8,11-12H,9-10H2,1-2H3,(H,20,23)/t12-/m0/s1. The molecule has 1 N–H and O–H groups in total. The van der Waals surface area contributed by atoms with Crippen molar-refractivity contribution in [2.75, 3.05) is 13.7 Å². The van der Waals surface area contributed by atoms with E-state index >= 15 is 0 Å². The molecular formula is C17H19N5O3. The van der Waals surface area contributed by atoms with Crippen LogP contribution in [0.1, 0.15) is 6.92 Å². The number of amides is 1. The molecule has 0 bridgehead atoms. The smallest absolute Gasteiger partial charge is 0.264 e. The first-order valence-corrected chi connectivity index (χ1v) is 7.87. The highest BCUT2D eigenvalue weighted by Gasteiger charge is 2.14. The second-order valence-corrected chi connectivity index (χ2v) is 5.73. The lowest BCUT2D eigenvalue weighted by Gasteiger charge is -2.13. The van der Waals surface area contributed by atoms with E-state index in [1.807, 2.05) is 37.3 Å². The quantitative estimate of drug-likeness (QED) is 0.714. The lowest BCUT2D eigenvalue weighted by atomic mass is 10.3. The summed E-state index contributed by atoms with van der Waals surface area (Å²) >= 11 is 0. The molecule has 8 nitrogen and oxygen atoms in total. The van der Waals surface area contributed by atoms with Gasteiger partial charge in [0.2, 0.25) is 5.91 Å². The zero-order chi connectivity index (χ0) is 17.8. The molecule has 3 aromatic rings. The van der Waals surface area contributed by atoms with Crippen molar-refractivity contribution in [1.29, 1.82) is 0 Å². The van der Waals surface area contributed by atoms with Crippen molar-refractivity contribution in [2.24, 2.45) is 0 Å². The lowest BCUT2D eigenvalue weighted by Crippen LogP contribution is -2.39. The minimum Gasteiger partial charge on any atom is -0.383 e. The van der Waals surface area contributed by atoms with Crippen LogP contribution in [0.25, 0.3) is 16.7 Å². The van der Waals surface area contributed by atoms with Crippen molar-refractivity contribution in [2.45, 2.75) is 19.5 Å². The number of hydrogen-bond donors (Lipinski definition) is 1. The molecule has 3 rings (SSSR count). The minimum absolute atomic E-state index is 0.105. The molecule has 0 fully saturated rings. The first-order valence-electron chi connectivity index (χ1n) is 7.87. The zero-order valence-corrected chi connectivity index (χ0v) is 14.0. The molecule has 0 spiro atoms. The van der Waals surface area contributed by atoms with Gasteiger partial charge in [-0.2, -0.15) is 5.10 Å². The molecular weight excluding hydrogens is 322 g/mol. The van der Waals surface area contributed by atoms with E-state index in [1.54, 1.807) is 11.8 Å². The van der Waals surface area contributed by atoms with E-state index in [-0.39, 0.29) is 24.1 Å². The van der Waals surface area contributed by atoms with E-state index in [1.165, 1.54) is 17.1 Å². The van der Waals surface area contributed by atoms with E-state index in [0.29, 0.717) is 17.6 Å². The van der Waals surface area contributed by atoms with Gasteiger partial charge >= 0.3 is 0 Å². The van der Waals surface area contributed by atoms with E-state index in [0.717, 1.165) is 5.69 Å². The summed E-state index contributed by atoms with van der Waals surface area (Å²) < 4.78 is 7.85. The fourth-order valence-corrected chi connectivity index (χ4v) is 2.59. The molecule has 8 heteroatoms. The Morgan fingerprint density at radius 3 is 2.80 bits per heavy atom. The lowest BCUT2D eigenvalue weighted by molar-refractivity contribution is -0.122. The maximum Gasteiger partial charge on any atom is 0.264 e. The fraction of sp³-hybridized carbons (Fsp3) is 0.294. The van der Waals surface area contributed by atoms with Gasteiger partial charge in [0.1, 0.15) is 18.3 Å². The Hall–Kier alpha value is -3.00. The van der Waals surface area contributed by atoms with Crippen LogP contribution in [0.2, 0.25) is 0 Å². The topological polar surface area (TPSA) is 91.0 Å². The molecule has 1 aromatic carbocycles. The van der Waals surface area contributed by atoms with Gasteiger partial charge in [0, 0.05) is 13.2 Å². The van der Waals surface area contributed by atoms with Crippen LogP contribution in [0.3, 0.4) is 0 Å². The van der Waals surface area contributed by atoms with Gasteiger partial charge in [0.15, 0.2) is 5.65 Å². The molecule has 2 aromatic heterocycles. The number of nitrogens with zero attached hydrogens (tertiary/aromatic N) is 4. The fourth-order valence-electron chi connectivity index (χ4n) is 2.59. The van der Waals surface area contributed by atoms with Crippen molar-refractivity contribution >= 4 is 16.9 Å². The van der Waals surface area contributed by atoms with Gasteiger partial charge in [-0.3, -0.25) is 14.2 Å². The van der Waals surface area contributed by atoms with Gasteiger partial charge in [-0.25, -0.2) is 9.67 Å². The average molecular weight is 341 g/mol. The number of aromatic nitrogens is 4. The molecule has 0 radical (unpaired) electrons. The van der Waals surface area contributed by atoms with Crippen LogP contribution in [0, 0.1) is 0 Å². The SMILES string of the molecule is COC[C@H](C)NC(=O)Cn1cnc2c(cnn2-c2ccccc2)c1=O. The summed E-state index contributed by atoms with van der Waals surface area (Å²) in [6.45, 7) is 2.13. The highest BCUT2D eigenvalue weighted by atomic mass is 16.5. The number of methoxy groups -OCH3 is 1. The Morgan fingerprint density at radius 1 is 1.32 bits per heavy atom. The van der Waals surface area contributed by atoms with Crippen molar-refractivity contribution in [3.63, 3.8) is 0 Å². The molecule has 130 valence electrons. The average Bonchev–Trinajstić information content (AvgIpc) is 3.03. The zero-order valence-electron chi connectivity index (χ0n) is 14.0. The second kappa shape index (κ2) is 7.27. The van der Waals surface area contributed by atoms with Crippen molar-refractivity contribution in [1.82, 2.24) is 24.6 Å². The molecule has 0 unspecified atom stereocenters. The molecule has 0 aliphatic rings. The highest BCUT2D eigenvalue weighted by molar-refractivity contribution is 5.78. The molecule has 25 heavy (non-hydrogen) atoms. The number of carbonyl (C=O) groups excluding carboxylic acids is 1. The Kier molecular flexibility index (Phi) is 4.90. The number of fused-ring (bicyclic) bond motifs is 1. The van der Waals surface area contributed by atoms with E-state index in [4.69, 9.17) is 4.74 Å². The van der Waals surface area contributed by atoms with Crippen LogP contribution in [0.4, 0.5) is 0 Å². The van der Waals surface area contributed by atoms with Crippen LogP contribution < -0.4 is 10.9 Å². The van der Waals surface area contributed by atoms with E-state index in [2.05, 4.69) is 15.4 Å². The summed E-state index contributed by atoms with van der Waals surface area (Å²) in [7, 11) is 1.56. The number of carbonyl (C=O) groups is 1.